The van der Waals surface area contributed by atoms with Crippen LogP contribution in [0.1, 0.15) is 30.5 Å². The first-order chi connectivity index (χ1) is 15.5. The van der Waals surface area contributed by atoms with E-state index in [1.807, 2.05) is 35.2 Å². The fourth-order valence-corrected chi connectivity index (χ4v) is 4.04. The number of carbonyl (C=O) groups excluding carboxylic acids is 3. The van der Waals surface area contributed by atoms with E-state index in [0.717, 1.165) is 18.4 Å². The van der Waals surface area contributed by atoms with Gasteiger partial charge in [0.25, 0.3) is 0 Å². The first-order valence-electron chi connectivity index (χ1n) is 11.1. The Hall–Kier alpha value is -3.20. The summed E-state index contributed by atoms with van der Waals surface area (Å²) in [5.41, 5.74) is 12.8. The molecule has 0 bridgehead atoms. The minimum absolute atomic E-state index is 0.0560. The number of aromatic amines is 1. The second-order valence-corrected chi connectivity index (χ2v) is 8.38. The predicted molar refractivity (Wildman–Crippen MR) is 120 cm³/mol. The lowest BCUT2D eigenvalue weighted by Crippen LogP contribution is -2.49. The Morgan fingerprint density at radius 1 is 1.16 bits per heavy atom. The van der Waals surface area contributed by atoms with Gasteiger partial charge >= 0.3 is 0 Å². The number of amides is 3. The molecule has 0 aliphatic carbocycles. The summed E-state index contributed by atoms with van der Waals surface area (Å²) in [5.74, 6) is -1.23. The monoisotopic (exact) mass is 440 g/mol. The fourth-order valence-electron chi connectivity index (χ4n) is 4.04. The lowest BCUT2D eigenvalue weighted by molar-refractivity contribution is -0.138. The van der Waals surface area contributed by atoms with Crippen molar-refractivity contribution < 1.29 is 14.4 Å². The van der Waals surface area contributed by atoms with Crippen molar-refractivity contribution in [2.45, 2.75) is 38.1 Å². The summed E-state index contributed by atoms with van der Waals surface area (Å²) < 4.78 is 0. The van der Waals surface area contributed by atoms with E-state index in [9.17, 15) is 14.4 Å². The second-order valence-electron chi connectivity index (χ2n) is 8.38. The van der Waals surface area contributed by atoms with E-state index in [1.165, 1.54) is 6.33 Å². The molecular weight excluding hydrogens is 408 g/mol. The van der Waals surface area contributed by atoms with Gasteiger partial charge in [0.1, 0.15) is 6.04 Å². The maximum absolute atomic E-state index is 13.2. The third kappa shape index (κ3) is 6.65. The highest BCUT2D eigenvalue weighted by atomic mass is 16.2. The van der Waals surface area contributed by atoms with Crippen molar-refractivity contribution in [1.29, 1.82) is 0 Å². The van der Waals surface area contributed by atoms with Crippen LogP contribution in [-0.4, -0.2) is 58.3 Å². The van der Waals surface area contributed by atoms with Crippen molar-refractivity contribution in [3.05, 3.63) is 54.1 Å². The molecule has 2 atom stereocenters. The van der Waals surface area contributed by atoms with E-state index in [2.05, 4.69) is 15.3 Å². The number of nitrogens with zero attached hydrogens (tertiary/aromatic N) is 2. The lowest BCUT2D eigenvalue weighted by atomic mass is 9.92. The van der Waals surface area contributed by atoms with Crippen molar-refractivity contribution >= 4 is 17.7 Å². The number of piperidine rings is 1. The van der Waals surface area contributed by atoms with Crippen LogP contribution < -0.4 is 16.8 Å². The molecular formula is C23H32N6O3. The number of imidazole rings is 1. The minimum atomic E-state index is -0.903. The quantitative estimate of drug-likeness (QED) is 0.421. The molecule has 32 heavy (non-hydrogen) atoms. The summed E-state index contributed by atoms with van der Waals surface area (Å²) in [4.78, 5) is 46.8. The number of H-pyrrole nitrogens is 1. The Bertz CT molecular complexity index is 878. The molecule has 0 spiro atoms. The second kappa shape index (κ2) is 11.4. The van der Waals surface area contributed by atoms with E-state index >= 15 is 0 Å². The Morgan fingerprint density at radius 2 is 1.88 bits per heavy atom. The van der Waals surface area contributed by atoms with E-state index in [1.54, 1.807) is 6.20 Å². The number of nitrogens with one attached hydrogen (secondary N) is 2. The third-order valence-electron chi connectivity index (χ3n) is 6.05. The zero-order valence-corrected chi connectivity index (χ0v) is 18.2. The maximum Gasteiger partial charge on any atom is 0.240 e. The van der Waals surface area contributed by atoms with Gasteiger partial charge in [0.05, 0.1) is 17.9 Å². The number of benzene rings is 1. The largest absolute Gasteiger partial charge is 0.368 e. The summed E-state index contributed by atoms with van der Waals surface area (Å²) in [6, 6.07) is 8.64. The summed E-state index contributed by atoms with van der Waals surface area (Å²) >= 11 is 0. The average molecular weight is 441 g/mol. The molecule has 1 saturated heterocycles. The molecule has 1 aromatic heterocycles. The molecule has 0 radical (unpaired) electrons. The molecule has 6 N–H and O–H groups in total. The molecule has 1 unspecified atom stereocenters. The fraction of sp³-hybridized carbons (Fsp3) is 0.478. The van der Waals surface area contributed by atoms with Gasteiger partial charge in [0, 0.05) is 32.1 Å². The van der Waals surface area contributed by atoms with E-state index in [0.29, 0.717) is 37.7 Å². The van der Waals surface area contributed by atoms with Crippen molar-refractivity contribution in [3.8, 4) is 0 Å². The number of primary amides is 1. The topological polar surface area (TPSA) is 147 Å². The molecule has 1 aliphatic rings. The van der Waals surface area contributed by atoms with Crippen molar-refractivity contribution in [2.75, 3.05) is 19.6 Å². The number of carbonyl (C=O) groups is 3. The molecule has 2 aromatic rings. The highest BCUT2D eigenvalue weighted by Gasteiger charge is 2.30. The Balaban J connectivity index is 1.69. The van der Waals surface area contributed by atoms with Gasteiger partial charge in [-0.15, -0.1) is 0 Å². The van der Waals surface area contributed by atoms with Crippen LogP contribution in [0.4, 0.5) is 0 Å². The molecule has 172 valence electrons. The highest BCUT2D eigenvalue weighted by molar-refractivity contribution is 5.90. The van der Waals surface area contributed by atoms with Crippen LogP contribution in [0.2, 0.25) is 0 Å². The molecule has 0 saturated carbocycles. The average Bonchev–Trinajstić information content (AvgIpc) is 3.32. The lowest BCUT2D eigenvalue weighted by Gasteiger charge is -2.32. The maximum atomic E-state index is 13.2. The van der Waals surface area contributed by atoms with Gasteiger partial charge in [-0.3, -0.25) is 14.4 Å². The number of hydrogen-bond donors (Lipinski definition) is 4. The van der Waals surface area contributed by atoms with Gasteiger partial charge in [-0.2, -0.15) is 0 Å². The van der Waals surface area contributed by atoms with E-state index in [4.69, 9.17) is 11.5 Å². The summed E-state index contributed by atoms with van der Waals surface area (Å²) in [6.45, 7) is 1.94. The smallest absolute Gasteiger partial charge is 0.240 e. The van der Waals surface area contributed by atoms with Crippen LogP contribution >= 0.6 is 0 Å². The summed E-state index contributed by atoms with van der Waals surface area (Å²) in [7, 11) is 0. The van der Waals surface area contributed by atoms with Crippen LogP contribution in [0.15, 0.2) is 42.9 Å². The summed E-state index contributed by atoms with van der Waals surface area (Å²) in [6.07, 6.45) is 5.56. The van der Waals surface area contributed by atoms with Gasteiger partial charge in [-0.05, 0) is 37.3 Å². The van der Waals surface area contributed by atoms with Gasteiger partial charge in [-0.1, -0.05) is 30.3 Å². The van der Waals surface area contributed by atoms with Gasteiger partial charge in [0.15, 0.2) is 0 Å². The van der Waals surface area contributed by atoms with Crippen molar-refractivity contribution in [1.82, 2.24) is 20.2 Å². The highest BCUT2D eigenvalue weighted by Crippen LogP contribution is 2.20. The third-order valence-corrected chi connectivity index (χ3v) is 6.05. The molecule has 3 amide bonds. The number of aromatic nitrogens is 2. The van der Waals surface area contributed by atoms with E-state index in [-0.39, 0.29) is 24.7 Å². The standard InChI is InChI=1S/C23H32N6O3/c24-13-17-6-8-29(9-7-17)21(30)11-18(10-16-4-2-1-3-5-16)23(32)28-20(22(25)31)12-19-14-26-15-27-19/h1-5,14-15,17-18,20H,6-13,24H2,(H2,25,31)(H,26,27)(H,28,32)/t18?,20-/m0/s1. The van der Waals surface area contributed by atoms with E-state index < -0.39 is 17.9 Å². The zero-order valence-electron chi connectivity index (χ0n) is 18.2. The van der Waals surface area contributed by atoms with Gasteiger partial charge in [-0.25, -0.2) is 4.98 Å². The molecule has 1 fully saturated rings. The van der Waals surface area contributed by atoms with Gasteiger partial charge < -0.3 is 26.7 Å². The molecule has 2 heterocycles. The normalized spacial score (nSPS) is 16.3. The molecule has 9 heteroatoms. The molecule has 1 aromatic carbocycles. The minimum Gasteiger partial charge on any atom is -0.368 e. The number of rotatable bonds is 10. The first kappa shape index (κ1) is 23.5. The Labute approximate surface area is 187 Å². The SMILES string of the molecule is NCC1CCN(C(=O)CC(Cc2ccccc2)C(=O)N[C@@H](Cc2c[nH]cn2)C(N)=O)CC1. The number of likely N-dealkylation sites (tertiary alicyclic amines) is 1. The number of nitrogens with two attached hydrogens (primary N) is 2. The van der Waals surface area contributed by atoms with Crippen LogP contribution in [0, 0.1) is 11.8 Å². The molecule has 9 nitrogen and oxygen atoms in total. The van der Waals surface area contributed by atoms with Crippen LogP contribution in [0.5, 0.6) is 0 Å². The van der Waals surface area contributed by atoms with Crippen LogP contribution in [0.25, 0.3) is 0 Å². The molecule has 3 rings (SSSR count). The van der Waals surface area contributed by atoms with Crippen molar-refractivity contribution in [3.63, 3.8) is 0 Å². The zero-order chi connectivity index (χ0) is 22.9. The first-order valence-corrected chi connectivity index (χ1v) is 11.1. The Morgan fingerprint density at radius 3 is 2.47 bits per heavy atom. The van der Waals surface area contributed by atoms with Crippen LogP contribution in [0.3, 0.4) is 0 Å². The number of hydrogen-bond acceptors (Lipinski definition) is 5. The van der Waals surface area contributed by atoms with Crippen molar-refractivity contribution in [2.24, 2.45) is 23.3 Å². The summed E-state index contributed by atoms with van der Waals surface area (Å²) in [5, 5.41) is 2.74. The van der Waals surface area contributed by atoms with Crippen LogP contribution in [-0.2, 0) is 27.2 Å². The Kier molecular flexibility index (Phi) is 8.38. The predicted octanol–water partition coefficient (Wildman–Crippen LogP) is 0.369. The molecule has 1 aliphatic heterocycles. The van der Waals surface area contributed by atoms with Gasteiger partial charge in [0.2, 0.25) is 17.7 Å².